The summed E-state index contributed by atoms with van der Waals surface area (Å²) in [6.07, 6.45) is 0. The fourth-order valence-corrected chi connectivity index (χ4v) is 79.5. The summed E-state index contributed by atoms with van der Waals surface area (Å²) in [7, 11) is -17.7. The Labute approximate surface area is 689 Å². The molecule has 0 aromatic heterocycles. The third-order valence-electron chi connectivity index (χ3n) is 20.3. The van der Waals surface area contributed by atoms with Gasteiger partial charge in [-0.05, 0) is 121 Å². The van der Waals surface area contributed by atoms with Crippen molar-refractivity contribution in [3.05, 3.63) is 52.6 Å². The van der Waals surface area contributed by atoms with Crippen LogP contribution in [0.25, 0.3) is 15.5 Å². The summed E-state index contributed by atoms with van der Waals surface area (Å²) in [5.41, 5.74) is 0. The number of nitrogens with zero attached hydrogens (tertiary/aromatic N) is 7. The average molecular weight is 1670 g/mol. The Hall–Kier alpha value is 3.27. The second-order valence-corrected chi connectivity index (χ2v) is 88.4. The molecule has 0 aliphatic carbocycles. The van der Waals surface area contributed by atoms with E-state index in [4.69, 9.17) is 18.1 Å². The van der Waals surface area contributed by atoms with Gasteiger partial charge in [-0.25, -0.2) is 0 Å². The molecule has 18 heteroatoms. The molecule has 0 fully saturated rings. The van der Waals surface area contributed by atoms with Crippen molar-refractivity contribution >= 4 is 57.0 Å². The molecule has 0 aromatic rings. The first-order chi connectivity index (χ1) is 39.8. The van der Waals surface area contributed by atoms with Crippen LogP contribution in [0.15, 0.2) is 18.1 Å². The first-order valence-corrected chi connectivity index (χ1v) is 50.7. The molecule has 0 spiro atoms. The Morgan fingerprint density at radius 3 is 0.291 bits per heavy atom. The summed E-state index contributed by atoms with van der Waals surface area (Å²) in [5.74, 6) is 0. The van der Waals surface area contributed by atoms with Crippen LogP contribution < -0.4 is 0 Å². The molecule has 624 valence electrons. The third kappa shape index (κ3) is 26.1. The standard InChI is InChI=1S/C20H46N2P2.3C20H45N2P2.5CH3.2Ti/c4*1-16(2,3)23(17(4,5)6,18(7,8)9)22-24(21,19(10,11)12)20(13,14)15;;;;;;;/h21H,1-15H3;3*1-15H3;5*1H3;;/q;8*-1;2*+4. The van der Waals surface area contributed by atoms with Crippen molar-refractivity contribution in [3.8, 4) is 0 Å². The van der Waals surface area contributed by atoms with Crippen molar-refractivity contribution in [2.24, 2.45) is 18.1 Å². The van der Waals surface area contributed by atoms with E-state index in [1.54, 1.807) is 0 Å². The molecule has 0 heterocycles. The van der Waals surface area contributed by atoms with Crippen molar-refractivity contribution in [2.45, 2.75) is 519 Å². The normalized spacial score (nSPS) is 15.2. The van der Waals surface area contributed by atoms with E-state index in [2.05, 4.69) is 415 Å². The van der Waals surface area contributed by atoms with Crippen molar-refractivity contribution < 1.29 is 43.4 Å². The van der Waals surface area contributed by atoms with Crippen LogP contribution in [0.2, 0.25) is 0 Å². The zero-order valence-corrected chi connectivity index (χ0v) is 93.5. The molecule has 8 nitrogen and oxygen atoms in total. The Kier molecular flexibility index (Phi) is 46.9. The minimum absolute atomic E-state index is 0. The molecule has 0 amide bonds. The summed E-state index contributed by atoms with van der Waals surface area (Å²) in [5, 5.41) is 44.9. The molecular weight excluding hydrogens is 1480 g/mol. The van der Waals surface area contributed by atoms with E-state index in [0.29, 0.717) is 0 Å². The van der Waals surface area contributed by atoms with Gasteiger partial charge in [-0.1, -0.05) is 415 Å². The van der Waals surface area contributed by atoms with Gasteiger partial charge in [0.15, 0.2) is 0 Å². The summed E-state index contributed by atoms with van der Waals surface area (Å²) in [6.45, 7) is 136. The molecule has 0 unspecified atom stereocenters. The smallest absolute Gasteiger partial charge is 0.789 e. The molecule has 0 rings (SSSR count). The molecule has 0 saturated heterocycles. The predicted molar refractivity (Wildman–Crippen MR) is 505 cm³/mol. The van der Waals surface area contributed by atoms with E-state index in [1.807, 2.05) is 0 Å². The van der Waals surface area contributed by atoms with Crippen LogP contribution in [0.4, 0.5) is 0 Å². The Morgan fingerprint density at radius 2 is 0.233 bits per heavy atom. The summed E-state index contributed by atoms with van der Waals surface area (Å²) >= 11 is 0. The van der Waals surface area contributed by atoms with E-state index in [0.717, 1.165) is 0 Å². The van der Waals surface area contributed by atoms with Gasteiger partial charge in [0.1, 0.15) is 0 Å². The second-order valence-electron chi connectivity index (χ2n) is 48.8. The molecule has 103 heavy (non-hydrogen) atoms. The van der Waals surface area contributed by atoms with Gasteiger partial charge in [-0.3, -0.25) is 9.68 Å². The van der Waals surface area contributed by atoms with Crippen LogP contribution >= 0.6 is 57.0 Å². The Bertz CT molecular complexity index is 2390. The van der Waals surface area contributed by atoms with Gasteiger partial charge in [-0.2, -0.15) is 0 Å². The van der Waals surface area contributed by atoms with Crippen molar-refractivity contribution in [3.63, 3.8) is 0 Å². The van der Waals surface area contributed by atoms with E-state index in [9.17, 15) is 20.6 Å². The van der Waals surface area contributed by atoms with Crippen molar-refractivity contribution in [2.75, 3.05) is 0 Å². The molecule has 0 radical (unpaired) electrons. The monoisotopic (exact) mass is 1670 g/mol. The maximum atomic E-state index is 12.1. The fourth-order valence-electron chi connectivity index (χ4n) is 19.6. The first-order valence-electron chi connectivity index (χ1n) is 36.9. The Morgan fingerprint density at radius 1 is 0.155 bits per heavy atom. The van der Waals surface area contributed by atoms with E-state index >= 15 is 0 Å². The number of hydrogen-bond acceptors (Lipinski definition) is 1. The molecular formula is C85H196N8P8Ti2. The molecule has 1 N–H and O–H groups in total. The van der Waals surface area contributed by atoms with Gasteiger partial charge < -0.3 is 66.2 Å². The van der Waals surface area contributed by atoms with Gasteiger partial charge in [-0.15, -0.1) is 21.6 Å². The fraction of sp³-hybridized carbons (Fsp3) is 0.941. The summed E-state index contributed by atoms with van der Waals surface area (Å²) in [6, 6.07) is 0. The second kappa shape index (κ2) is 37.3. The van der Waals surface area contributed by atoms with Crippen LogP contribution in [0.5, 0.6) is 0 Å². The van der Waals surface area contributed by atoms with Gasteiger partial charge >= 0.3 is 43.4 Å². The van der Waals surface area contributed by atoms with Gasteiger partial charge in [0.2, 0.25) is 0 Å². The molecule has 0 aliphatic rings. The van der Waals surface area contributed by atoms with Gasteiger partial charge in [0.25, 0.3) is 0 Å². The van der Waals surface area contributed by atoms with E-state index in [1.165, 1.54) is 0 Å². The zero-order chi connectivity index (χ0) is 80.8. The maximum Gasteiger partial charge on any atom is 4.00 e. The van der Waals surface area contributed by atoms with E-state index in [-0.39, 0.29) is 184 Å². The van der Waals surface area contributed by atoms with Crippen LogP contribution in [-0.2, 0) is 43.4 Å². The zero-order valence-electron chi connectivity index (χ0n) is 83.2. The third-order valence-corrected chi connectivity index (χ3v) is 67.1. The molecule has 0 saturated carbocycles. The first kappa shape index (κ1) is 130. The Balaban J connectivity index is -0.000000119. The molecule has 0 aliphatic heterocycles. The minimum Gasteiger partial charge on any atom is -0.789 e. The SMILES string of the molecule is CC(C)(C)P(=N)(N=P(C(C)(C)C)(C(C)(C)C)C(C)(C)C)C(C)(C)C.CC(C)(C)P(=[N-])(N=P(C(C)(C)C)(C(C)(C)C)C(C)(C)C)C(C)(C)C.CC(C)(C)P(=[N-])(N=P(C(C)(C)C)(C(C)(C)C)C(C)(C)C)C(C)(C)C.CC(C)(C)P(=[N-])(N=P(C(C)(C)C)(C(C)(C)C)C(C)(C)C)C(C)(C)C.[CH3-].[CH3-].[CH3-].[CH3-].[CH3-].[Ti+4].[Ti+4]. The minimum atomic E-state index is -2.57. The van der Waals surface area contributed by atoms with Gasteiger partial charge in [0, 0.05) is 10.3 Å². The number of rotatable bonds is 4. The topological polar surface area (TPSA) is 140 Å². The maximum absolute atomic E-state index is 12.1. The van der Waals surface area contributed by atoms with E-state index < -0.39 is 57.0 Å². The summed E-state index contributed by atoms with van der Waals surface area (Å²) in [4.78, 5) is 0. The van der Waals surface area contributed by atoms with Crippen molar-refractivity contribution in [1.29, 1.82) is 5.16 Å². The molecule has 0 aromatic carbocycles. The van der Waals surface area contributed by atoms with Crippen LogP contribution in [-0.4, -0.2) is 103 Å². The number of nitrogens with one attached hydrogen (secondary N) is 1. The van der Waals surface area contributed by atoms with Crippen molar-refractivity contribution in [1.82, 2.24) is 0 Å². The predicted octanol–water partition coefficient (Wildman–Crippen LogP) is 37.7. The average Bonchev–Trinajstić information content (AvgIpc) is 3.17. The van der Waals surface area contributed by atoms with Gasteiger partial charge in [0.05, 0.1) is 7.21 Å². The number of hydrogen-bond donors (Lipinski definition) is 1. The molecule has 0 atom stereocenters. The quantitative estimate of drug-likeness (QED) is 0.163. The molecule has 0 bridgehead atoms. The van der Waals surface area contributed by atoms with Crippen LogP contribution in [0.1, 0.15) is 415 Å². The van der Waals surface area contributed by atoms with Crippen LogP contribution in [0.3, 0.4) is 0 Å². The van der Waals surface area contributed by atoms with Crippen LogP contribution in [0, 0.1) is 42.3 Å². The summed E-state index contributed by atoms with van der Waals surface area (Å²) < 4.78 is 22.8. The largest absolute Gasteiger partial charge is 4.00 e.